The third kappa shape index (κ3) is 3.30. The van der Waals surface area contributed by atoms with Crippen LogP contribution in [0, 0.1) is 17.3 Å². The fourth-order valence-corrected chi connectivity index (χ4v) is 2.47. The molecule has 118 valence electrons. The first-order valence-corrected chi connectivity index (χ1v) is 7.63. The standard InChI is InChI=1S/C17H21NO4/c1-11-7-14(11)15(19)18-13-5-3-12(4-6-13)16(20)22-10-17(2)8-21-9-17/h3-6,11,14H,7-10H2,1-2H3,(H,18,19)/t11-,14-/m1/s1. The summed E-state index contributed by atoms with van der Waals surface area (Å²) in [6.07, 6.45) is 0.957. The van der Waals surface area contributed by atoms with Crippen LogP contribution in [0.4, 0.5) is 5.69 Å². The molecule has 1 aliphatic heterocycles. The van der Waals surface area contributed by atoms with Crippen molar-refractivity contribution in [3.63, 3.8) is 0 Å². The van der Waals surface area contributed by atoms with Crippen molar-refractivity contribution in [3.05, 3.63) is 29.8 Å². The molecule has 2 fully saturated rings. The highest BCUT2D eigenvalue weighted by Crippen LogP contribution is 2.38. The maximum Gasteiger partial charge on any atom is 0.338 e. The number of carbonyl (C=O) groups excluding carboxylic acids is 2. The fraction of sp³-hybridized carbons (Fsp3) is 0.529. The summed E-state index contributed by atoms with van der Waals surface area (Å²) in [4.78, 5) is 23.8. The molecule has 1 saturated carbocycles. The van der Waals surface area contributed by atoms with Crippen LogP contribution in [0.5, 0.6) is 0 Å². The van der Waals surface area contributed by atoms with Gasteiger partial charge in [0.25, 0.3) is 0 Å². The maximum absolute atomic E-state index is 12.0. The molecule has 0 radical (unpaired) electrons. The molecule has 2 atom stereocenters. The number of benzene rings is 1. The number of nitrogens with one attached hydrogen (secondary N) is 1. The topological polar surface area (TPSA) is 64.6 Å². The lowest BCUT2D eigenvalue weighted by Gasteiger charge is -2.37. The number of esters is 1. The first-order chi connectivity index (χ1) is 10.5. The van der Waals surface area contributed by atoms with E-state index < -0.39 is 0 Å². The molecule has 1 aromatic rings. The molecule has 1 aliphatic carbocycles. The smallest absolute Gasteiger partial charge is 0.338 e. The van der Waals surface area contributed by atoms with Gasteiger partial charge < -0.3 is 14.8 Å². The van der Waals surface area contributed by atoms with Crippen molar-refractivity contribution in [1.82, 2.24) is 0 Å². The molecule has 22 heavy (non-hydrogen) atoms. The lowest BCUT2D eigenvalue weighted by Crippen LogP contribution is -2.44. The summed E-state index contributed by atoms with van der Waals surface area (Å²) in [5.74, 6) is 0.323. The molecule has 5 nitrogen and oxygen atoms in total. The van der Waals surface area contributed by atoms with Crippen LogP contribution in [0.2, 0.25) is 0 Å². The van der Waals surface area contributed by atoms with Crippen LogP contribution in [0.1, 0.15) is 30.6 Å². The second kappa shape index (κ2) is 5.72. The predicted octanol–water partition coefficient (Wildman–Crippen LogP) is 2.47. The molecule has 0 spiro atoms. The minimum atomic E-state index is -0.346. The van der Waals surface area contributed by atoms with Crippen LogP contribution in [0.3, 0.4) is 0 Å². The first-order valence-electron chi connectivity index (χ1n) is 7.63. The molecule has 1 N–H and O–H groups in total. The van der Waals surface area contributed by atoms with Crippen LogP contribution in [0.15, 0.2) is 24.3 Å². The molecule has 1 amide bonds. The summed E-state index contributed by atoms with van der Waals surface area (Å²) >= 11 is 0. The third-order valence-corrected chi connectivity index (χ3v) is 4.29. The predicted molar refractivity (Wildman–Crippen MR) is 81.6 cm³/mol. The fourth-order valence-electron chi connectivity index (χ4n) is 2.47. The van der Waals surface area contributed by atoms with Crippen molar-refractivity contribution in [2.75, 3.05) is 25.1 Å². The number of amides is 1. The summed E-state index contributed by atoms with van der Waals surface area (Å²) in [7, 11) is 0. The van der Waals surface area contributed by atoms with Gasteiger partial charge >= 0.3 is 5.97 Å². The van der Waals surface area contributed by atoms with Gasteiger partial charge in [-0.3, -0.25) is 4.79 Å². The summed E-state index contributed by atoms with van der Waals surface area (Å²) in [5.41, 5.74) is 1.14. The Bertz CT molecular complexity index is 577. The molecule has 3 rings (SSSR count). The zero-order valence-corrected chi connectivity index (χ0v) is 12.9. The normalized spacial score (nSPS) is 25.0. The number of rotatable bonds is 5. The largest absolute Gasteiger partial charge is 0.461 e. The van der Waals surface area contributed by atoms with Gasteiger partial charge in [-0.15, -0.1) is 0 Å². The summed E-state index contributed by atoms with van der Waals surface area (Å²) in [6, 6.07) is 6.81. The van der Waals surface area contributed by atoms with Crippen molar-refractivity contribution in [2.45, 2.75) is 20.3 Å². The average Bonchev–Trinajstić information content (AvgIpc) is 3.21. The Kier molecular flexibility index (Phi) is 3.91. The number of hydrogen-bond acceptors (Lipinski definition) is 4. The highest BCUT2D eigenvalue weighted by atomic mass is 16.5. The second-order valence-corrected chi connectivity index (χ2v) is 6.77. The minimum absolute atomic E-state index is 0.0511. The van der Waals surface area contributed by atoms with Gasteiger partial charge in [0.05, 0.1) is 18.8 Å². The summed E-state index contributed by atoms with van der Waals surface area (Å²) in [5, 5.41) is 2.87. The third-order valence-electron chi connectivity index (χ3n) is 4.29. The van der Waals surface area contributed by atoms with Crippen LogP contribution < -0.4 is 5.32 Å². The van der Waals surface area contributed by atoms with E-state index in [0.29, 0.717) is 37.0 Å². The number of hydrogen-bond donors (Lipinski definition) is 1. The lowest BCUT2D eigenvalue weighted by molar-refractivity contribution is -0.127. The van der Waals surface area contributed by atoms with Gasteiger partial charge in [-0.1, -0.05) is 13.8 Å². The van der Waals surface area contributed by atoms with E-state index in [2.05, 4.69) is 12.2 Å². The van der Waals surface area contributed by atoms with Gasteiger partial charge in [0.1, 0.15) is 6.61 Å². The highest BCUT2D eigenvalue weighted by Gasteiger charge is 2.39. The van der Waals surface area contributed by atoms with Crippen molar-refractivity contribution >= 4 is 17.6 Å². The van der Waals surface area contributed by atoms with E-state index in [4.69, 9.17) is 9.47 Å². The quantitative estimate of drug-likeness (QED) is 0.849. The van der Waals surface area contributed by atoms with E-state index in [1.165, 1.54) is 0 Å². The van der Waals surface area contributed by atoms with Crippen molar-refractivity contribution in [2.24, 2.45) is 17.3 Å². The molecule has 1 aromatic carbocycles. The van der Waals surface area contributed by atoms with E-state index in [0.717, 1.165) is 6.42 Å². The molecule has 2 aliphatic rings. The van der Waals surface area contributed by atoms with Gasteiger partial charge in [0.2, 0.25) is 5.91 Å². The number of carbonyl (C=O) groups is 2. The van der Waals surface area contributed by atoms with E-state index in [-0.39, 0.29) is 23.2 Å². The van der Waals surface area contributed by atoms with Gasteiger partial charge in [-0.05, 0) is 36.6 Å². The maximum atomic E-state index is 12.0. The molecule has 5 heteroatoms. The molecular weight excluding hydrogens is 282 g/mol. The van der Waals surface area contributed by atoms with E-state index in [1.807, 2.05) is 6.92 Å². The summed E-state index contributed by atoms with van der Waals surface area (Å²) < 4.78 is 10.4. The minimum Gasteiger partial charge on any atom is -0.461 e. The monoisotopic (exact) mass is 303 g/mol. The second-order valence-electron chi connectivity index (χ2n) is 6.77. The first kappa shape index (κ1) is 15.0. The Morgan fingerprint density at radius 1 is 1.32 bits per heavy atom. The average molecular weight is 303 g/mol. The molecular formula is C17H21NO4. The van der Waals surface area contributed by atoms with Gasteiger partial charge in [-0.2, -0.15) is 0 Å². The highest BCUT2D eigenvalue weighted by molar-refractivity contribution is 5.95. The Morgan fingerprint density at radius 2 is 1.95 bits per heavy atom. The zero-order chi connectivity index (χ0) is 15.7. The van der Waals surface area contributed by atoms with Crippen molar-refractivity contribution < 1.29 is 19.1 Å². The Morgan fingerprint density at radius 3 is 2.45 bits per heavy atom. The van der Waals surface area contributed by atoms with Gasteiger partial charge in [0.15, 0.2) is 0 Å². The van der Waals surface area contributed by atoms with E-state index in [1.54, 1.807) is 24.3 Å². The van der Waals surface area contributed by atoms with E-state index >= 15 is 0 Å². The molecule has 1 saturated heterocycles. The Hall–Kier alpha value is -1.88. The Labute approximate surface area is 130 Å². The molecule has 0 aromatic heterocycles. The lowest BCUT2D eigenvalue weighted by atomic mass is 9.90. The van der Waals surface area contributed by atoms with Gasteiger partial charge in [0, 0.05) is 17.0 Å². The van der Waals surface area contributed by atoms with Crippen LogP contribution in [-0.4, -0.2) is 31.7 Å². The van der Waals surface area contributed by atoms with Crippen LogP contribution in [-0.2, 0) is 14.3 Å². The number of anilines is 1. The van der Waals surface area contributed by atoms with Crippen LogP contribution in [0.25, 0.3) is 0 Å². The SMILES string of the molecule is C[C@@H]1C[C@H]1C(=O)Nc1ccc(C(=O)OCC2(C)COC2)cc1. The molecule has 0 bridgehead atoms. The summed E-state index contributed by atoms with van der Waals surface area (Å²) in [6.45, 7) is 5.72. The van der Waals surface area contributed by atoms with Crippen LogP contribution >= 0.6 is 0 Å². The van der Waals surface area contributed by atoms with Crippen molar-refractivity contribution in [1.29, 1.82) is 0 Å². The van der Waals surface area contributed by atoms with Crippen molar-refractivity contribution in [3.8, 4) is 0 Å². The Balaban J connectivity index is 1.52. The molecule has 1 heterocycles. The number of ether oxygens (including phenoxy) is 2. The molecule has 0 unspecified atom stereocenters. The van der Waals surface area contributed by atoms with Gasteiger partial charge in [-0.25, -0.2) is 4.79 Å². The zero-order valence-electron chi connectivity index (χ0n) is 12.9. The van der Waals surface area contributed by atoms with E-state index in [9.17, 15) is 9.59 Å².